The van der Waals surface area contributed by atoms with Gasteiger partial charge < -0.3 is 35.5 Å². The molecule has 65 heavy (non-hydrogen) atoms. The number of ketones is 1. The van der Waals surface area contributed by atoms with Gasteiger partial charge in [-0.2, -0.15) is 0 Å². The Labute approximate surface area is 378 Å². The fourth-order valence-electron chi connectivity index (χ4n) is 8.82. The van der Waals surface area contributed by atoms with E-state index in [2.05, 4.69) is 30.4 Å². The van der Waals surface area contributed by atoms with Crippen molar-refractivity contribution >= 4 is 70.1 Å². The number of pyridine rings is 1. The van der Waals surface area contributed by atoms with Crippen LogP contribution in [0.15, 0.2) is 96.2 Å². The molecule has 2 atom stereocenters. The summed E-state index contributed by atoms with van der Waals surface area (Å²) < 4.78 is 5.89. The smallest absolute Gasteiger partial charge is 0.262 e. The highest BCUT2D eigenvalue weighted by molar-refractivity contribution is 6.35. The summed E-state index contributed by atoms with van der Waals surface area (Å²) in [4.78, 5) is 97.9. The van der Waals surface area contributed by atoms with Gasteiger partial charge in [0.05, 0.1) is 38.9 Å². The van der Waals surface area contributed by atoms with Gasteiger partial charge in [-0.25, -0.2) is 4.98 Å². The Balaban J connectivity index is 0.814. The molecule has 3 saturated heterocycles. The van der Waals surface area contributed by atoms with Crippen LogP contribution in [0.2, 0.25) is 5.02 Å². The molecule has 9 rings (SSSR count). The third kappa shape index (κ3) is 8.49. The van der Waals surface area contributed by atoms with Crippen LogP contribution >= 0.6 is 11.6 Å². The average Bonchev–Trinajstić information content (AvgIpc) is 3.87. The van der Waals surface area contributed by atoms with E-state index in [1.807, 2.05) is 36.4 Å². The summed E-state index contributed by atoms with van der Waals surface area (Å²) in [7, 11) is 1.71. The zero-order valence-electron chi connectivity index (χ0n) is 35.4. The lowest BCUT2D eigenvalue weighted by Crippen LogP contribution is -2.54. The predicted molar refractivity (Wildman–Crippen MR) is 243 cm³/mol. The minimum Gasteiger partial charge on any atom is -0.457 e. The number of likely N-dealkylation sites (tertiary alicyclic amines) is 1. The van der Waals surface area contributed by atoms with Crippen molar-refractivity contribution in [3.05, 3.63) is 130 Å². The minimum absolute atomic E-state index is 0.0562. The Kier molecular flexibility index (Phi) is 11.8. The van der Waals surface area contributed by atoms with Gasteiger partial charge in [0.2, 0.25) is 11.8 Å². The van der Waals surface area contributed by atoms with Gasteiger partial charge in [0, 0.05) is 82.4 Å². The summed E-state index contributed by atoms with van der Waals surface area (Å²) in [5, 5.41) is 5.50. The predicted octanol–water partition coefficient (Wildman–Crippen LogP) is 4.87. The molecule has 5 aromatic rings. The number of nitrogens with one attached hydrogen (secondary N) is 3. The summed E-state index contributed by atoms with van der Waals surface area (Å²) in [5.41, 5.74) is 9.34. The van der Waals surface area contributed by atoms with Crippen molar-refractivity contribution in [1.82, 2.24) is 25.1 Å². The maximum absolute atomic E-state index is 13.9. The Bertz CT molecular complexity index is 2750. The number of nitrogens with two attached hydrogens (primary N) is 1. The van der Waals surface area contributed by atoms with Crippen LogP contribution in [-0.2, 0) is 9.59 Å². The number of H-pyrrole nitrogens is 1. The van der Waals surface area contributed by atoms with Gasteiger partial charge in [-0.3, -0.25) is 44.0 Å². The third-order valence-electron chi connectivity index (χ3n) is 12.2. The van der Waals surface area contributed by atoms with Crippen molar-refractivity contribution in [3.63, 3.8) is 0 Å². The summed E-state index contributed by atoms with van der Waals surface area (Å²) in [6, 6.07) is 21.5. The summed E-state index contributed by atoms with van der Waals surface area (Å²) >= 11 is 6.62. The number of amides is 5. The normalized spacial score (nSPS) is 19.0. The molecule has 4 aliphatic heterocycles. The number of piperidine rings is 2. The number of anilines is 3. The number of ether oxygens (including phenoxy) is 1. The van der Waals surface area contributed by atoms with Gasteiger partial charge in [-0.1, -0.05) is 29.8 Å². The molecule has 0 bridgehead atoms. The first kappa shape index (κ1) is 42.8. The van der Waals surface area contributed by atoms with Crippen molar-refractivity contribution in [2.75, 3.05) is 61.4 Å². The minimum atomic E-state index is -1.02. The van der Waals surface area contributed by atoms with E-state index >= 15 is 0 Å². The average molecular weight is 897 g/mol. The van der Waals surface area contributed by atoms with Crippen LogP contribution in [0.4, 0.5) is 17.3 Å². The molecule has 0 aliphatic carbocycles. The molecule has 5 amide bonds. The molecule has 17 nitrogen and oxygen atoms in total. The number of hydrogen-bond donors (Lipinski definition) is 4. The molecule has 332 valence electrons. The van der Waals surface area contributed by atoms with Crippen LogP contribution in [-0.4, -0.2) is 119 Å². The number of piperazine rings is 1. The lowest BCUT2D eigenvalue weighted by atomic mass is 10.0. The first-order valence-electron chi connectivity index (χ1n) is 21.4. The molecular weight excluding hydrogens is 852 g/mol. The molecule has 0 radical (unpaired) electrons. The number of para-hydroxylation sites is 1. The highest BCUT2D eigenvalue weighted by Crippen LogP contribution is 2.33. The number of nitrogens with zero attached hydrogens (tertiary/aromatic N) is 6. The van der Waals surface area contributed by atoms with Gasteiger partial charge >= 0.3 is 0 Å². The van der Waals surface area contributed by atoms with E-state index in [9.17, 15) is 28.8 Å². The van der Waals surface area contributed by atoms with Crippen LogP contribution in [0.1, 0.15) is 78.2 Å². The fraction of sp³-hybridized carbons (Fsp3) is 0.277. The van der Waals surface area contributed by atoms with Crippen molar-refractivity contribution in [2.45, 2.75) is 37.8 Å². The molecule has 3 fully saturated rings. The number of aliphatic imine (C=N–C) groups is 1. The molecule has 4 aliphatic rings. The highest BCUT2D eigenvalue weighted by Gasteiger charge is 2.45. The quantitative estimate of drug-likeness (QED) is 0.0605. The molecule has 3 aromatic carbocycles. The summed E-state index contributed by atoms with van der Waals surface area (Å²) in [6.45, 7) is 3.33. The van der Waals surface area contributed by atoms with Crippen LogP contribution in [0.25, 0.3) is 0 Å². The monoisotopic (exact) mass is 896 g/mol. The zero-order chi connectivity index (χ0) is 45.4. The standard InChI is InChI=1S/C47H45ClN10O7/c1-50-43-40(35(25-52-43)41(60)33-13-11-31(23-36(33)48)65-30-7-3-2-4-8-30)42(49)53-28-6-5-17-57(26-28)45(62)27-9-15-38(51-24-27)56-20-18-55(19-21-56)29-10-12-32-34(22-29)47(64)58(46(32)63)37-14-16-39(59)54-44(37)61/h2-4,7-13,15,22-25,28,37,50,52H,5-6,14,16-21,26H2,1H3,(H2,49,53)(H,54,59,61)/t28-,37?/m1/s1. The highest BCUT2D eigenvalue weighted by atomic mass is 35.5. The Morgan fingerprint density at radius 3 is 2.35 bits per heavy atom. The molecule has 0 saturated carbocycles. The SMILES string of the molecule is CNc1[nH]cc(C(=O)c2ccc(Oc3ccccc3)cc2Cl)c1C(N)=N[C@@H]1CCCN(C(=O)c2ccc(N3CCN(c4ccc5c(c4)C(=O)N(C4CCC(=O)NC4=O)C5=O)CC3)nc2)C1. The summed E-state index contributed by atoms with van der Waals surface area (Å²) in [5.74, 6) is -0.147. The van der Waals surface area contributed by atoms with E-state index in [-0.39, 0.29) is 58.1 Å². The Morgan fingerprint density at radius 1 is 0.862 bits per heavy atom. The number of aromatic nitrogens is 2. The third-order valence-corrected chi connectivity index (χ3v) is 12.5. The number of carbonyl (C=O) groups is 6. The van der Waals surface area contributed by atoms with E-state index in [0.29, 0.717) is 86.1 Å². The summed E-state index contributed by atoms with van der Waals surface area (Å²) in [6.07, 6.45) is 4.73. The number of rotatable bonds is 11. The fourth-order valence-corrected chi connectivity index (χ4v) is 9.07. The first-order valence-corrected chi connectivity index (χ1v) is 21.8. The van der Waals surface area contributed by atoms with Crippen molar-refractivity contribution in [2.24, 2.45) is 10.7 Å². The van der Waals surface area contributed by atoms with Gasteiger partial charge in [0.15, 0.2) is 5.78 Å². The maximum atomic E-state index is 13.9. The van der Waals surface area contributed by atoms with Gasteiger partial charge in [-0.05, 0) is 73.9 Å². The van der Waals surface area contributed by atoms with E-state index in [1.54, 1.807) is 66.8 Å². The number of aromatic amines is 1. The first-order chi connectivity index (χ1) is 31.5. The molecule has 0 spiro atoms. The lowest BCUT2D eigenvalue weighted by Gasteiger charge is -2.37. The topological polar surface area (TPSA) is 216 Å². The second-order valence-corrected chi connectivity index (χ2v) is 16.6. The van der Waals surface area contributed by atoms with Gasteiger partial charge in [0.1, 0.15) is 35.0 Å². The Morgan fingerprint density at radius 2 is 1.63 bits per heavy atom. The van der Waals surface area contributed by atoms with Crippen molar-refractivity contribution < 1.29 is 33.5 Å². The number of imide groups is 2. The number of benzene rings is 3. The number of carbonyl (C=O) groups excluding carboxylic acids is 6. The number of fused-ring (bicyclic) bond motifs is 1. The van der Waals surface area contributed by atoms with E-state index in [4.69, 9.17) is 27.1 Å². The Hall–Kier alpha value is -7.53. The maximum Gasteiger partial charge on any atom is 0.262 e. The van der Waals surface area contributed by atoms with Gasteiger partial charge in [-0.15, -0.1) is 0 Å². The second kappa shape index (κ2) is 17.9. The van der Waals surface area contributed by atoms with E-state index in [0.717, 1.165) is 16.4 Å². The van der Waals surface area contributed by atoms with Crippen molar-refractivity contribution in [1.29, 1.82) is 0 Å². The van der Waals surface area contributed by atoms with Crippen LogP contribution in [0.5, 0.6) is 11.5 Å². The van der Waals surface area contributed by atoms with Crippen LogP contribution in [0, 0.1) is 0 Å². The second-order valence-electron chi connectivity index (χ2n) is 16.2. The molecule has 2 aromatic heterocycles. The zero-order valence-corrected chi connectivity index (χ0v) is 36.1. The van der Waals surface area contributed by atoms with Crippen LogP contribution < -0.4 is 30.9 Å². The number of amidine groups is 1. The van der Waals surface area contributed by atoms with Crippen molar-refractivity contribution in [3.8, 4) is 11.5 Å². The molecular formula is C47H45ClN10O7. The largest absolute Gasteiger partial charge is 0.457 e. The van der Waals surface area contributed by atoms with Gasteiger partial charge in [0.25, 0.3) is 17.7 Å². The molecule has 6 heterocycles. The molecule has 18 heteroatoms. The number of halogens is 1. The molecule has 1 unspecified atom stereocenters. The lowest BCUT2D eigenvalue weighted by molar-refractivity contribution is -0.136. The molecule has 5 N–H and O–H groups in total. The van der Waals surface area contributed by atoms with E-state index in [1.165, 1.54) is 0 Å². The number of hydrogen-bond acceptors (Lipinski definition) is 12. The van der Waals surface area contributed by atoms with Crippen LogP contribution in [0.3, 0.4) is 0 Å². The van der Waals surface area contributed by atoms with E-state index < -0.39 is 29.7 Å².